The Morgan fingerprint density at radius 2 is 1.83 bits per heavy atom. The van der Waals surface area contributed by atoms with Crippen LogP contribution in [0, 0.1) is 0 Å². The fraction of sp³-hybridized carbons (Fsp3) is 0.167. The standard InChI is InChI=1S/C12H8F3NO2/c1-7-5-10(17)16(11(7)18)9-4-2-3-8(6-9)12(13,14)15/h2-6H,1H3. The predicted molar refractivity (Wildman–Crippen MR) is 57.7 cm³/mol. The summed E-state index contributed by atoms with van der Waals surface area (Å²) in [7, 11) is 0. The first-order chi connectivity index (χ1) is 8.30. The van der Waals surface area contributed by atoms with Crippen LogP contribution in [0.2, 0.25) is 0 Å². The maximum absolute atomic E-state index is 12.5. The van der Waals surface area contributed by atoms with Crippen molar-refractivity contribution in [2.45, 2.75) is 13.1 Å². The van der Waals surface area contributed by atoms with Gasteiger partial charge in [-0.25, -0.2) is 4.90 Å². The number of benzene rings is 1. The number of alkyl halides is 3. The van der Waals surface area contributed by atoms with E-state index in [1.165, 1.54) is 13.0 Å². The highest BCUT2D eigenvalue weighted by Crippen LogP contribution is 2.32. The zero-order valence-corrected chi connectivity index (χ0v) is 9.28. The number of imide groups is 1. The summed E-state index contributed by atoms with van der Waals surface area (Å²) in [5.74, 6) is -1.23. The molecule has 2 rings (SSSR count). The molecule has 2 amide bonds. The maximum Gasteiger partial charge on any atom is 0.416 e. The molecule has 0 aromatic heterocycles. The number of nitrogens with zero attached hydrogens (tertiary/aromatic N) is 1. The van der Waals surface area contributed by atoms with Crippen LogP contribution < -0.4 is 4.90 Å². The highest BCUT2D eigenvalue weighted by Gasteiger charge is 2.34. The molecule has 3 nitrogen and oxygen atoms in total. The van der Waals surface area contributed by atoms with Crippen LogP contribution in [0.5, 0.6) is 0 Å². The van der Waals surface area contributed by atoms with Gasteiger partial charge in [-0.2, -0.15) is 13.2 Å². The Morgan fingerprint density at radius 1 is 1.17 bits per heavy atom. The van der Waals surface area contributed by atoms with Crippen molar-refractivity contribution < 1.29 is 22.8 Å². The Morgan fingerprint density at radius 3 is 2.33 bits per heavy atom. The first-order valence-electron chi connectivity index (χ1n) is 5.04. The molecule has 0 aliphatic carbocycles. The molecule has 1 aromatic rings. The number of rotatable bonds is 1. The molecule has 0 saturated heterocycles. The molecule has 1 heterocycles. The summed E-state index contributed by atoms with van der Waals surface area (Å²) >= 11 is 0. The summed E-state index contributed by atoms with van der Waals surface area (Å²) in [6.45, 7) is 1.44. The SMILES string of the molecule is CC1=CC(=O)N(c2cccc(C(F)(F)F)c2)C1=O. The molecule has 0 radical (unpaired) electrons. The van der Waals surface area contributed by atoms with Crippen LogP contribution in [-0.2, 0) is 15.8 Å². The largest absolute Gasteiger partial charge is 0.416 e. The van der Waals surface area contributed by atoms with E-state index in [0.717, 1.165) is 29.2 Å². The zero-order chi connectivity index (χ0) is 13.5. The quantitative estimate of drug-likeness (QED) is 0.723. The molecule has 6 heteroatoms. The lowest BCUT2D eigenvalue weighted by molar-refractivity contribution is -0.137. The fourth-order valence-corrected chi connectivity index (χ4v) is 1.65. The van der Waals surface area contributed by atoms with E-state index < -0.39 is 23.6 Å². The zero-order valence-electron chi connectivity index (χ0n) is 9.28. The molecule has 0 unspecified atom stereocenters. The van der Waals surface area contributed by atoms with Crippen LogP contribution in [0.1, 0.15) is 12.5 Å². The van der Waals surface area contributed by atoms with Gasteiger partial charge in [0.05, 0.1) is 11.3 Å². The van der Waals surface area contributed by atoms with Crippen molar-refractivity contribution in [3.63, 3.8) is 0 Å². The van der Waals surface area contributed by atoms with Crippen molar-refractivity contribution in [2.24, 2.45) is 0 Å². The van der Waals surface area contributed by atoms with Crippen LogP contribution in [0.25, 0.3) is 0 Å². The molecular weight excluding hydrogens is 247 g/mol. The minimum atomic E-state index is -4.51. The first kappa shape index (κ1) is 12.3. The number of halogens is 3. The first-order valence-corrected chi connectivity index (χ1v) is 5.04. The van der Waals surface area contributed by atoms with Crippen molar-refractivity contribution >= 4 is 17.5 Å². The lowest BCUT2D eigenvalue weighted by Gasteiger charge is -2.16. The van der Waals surface area contributed by atoms with Gasteiger partial charge in [0.25, 0.3) is 11.8 Å². The summed E-state index contributed by atoms with van der Waals surface area (Å²) in [5.41, 5.74) is -0.768. The van der Waals surface area contributed by atoms with E-state index >= 15 is 0 Å². The molecule has 0 spiro atoms. The average molecular weight is 255 g/mol. The van der Waals surface area contributed by atoms with Gasteiger partial charge in [-0.05, 0) is 25.1 Å². The Hall–Kier alpha value is -2.11. The van der Waals surface area contributed by atoms with E-state index in [4.69, 9.17) is 0 Å². The van der Waals surface area contributed by atoms with Crippen molar-refractivity contribution in [1.29, 1.82) is 0 Å². The summed E-state index contributed by atoms with van der Waals surface area (Å²) < 4.78 is 37.6. The van der Waals surface area contributed by atoms with E-state index in [-0.39, 0.29) is 11.3 Å². The third-order valence-corrected chi connectivity index (χ3v) is 2.53. The Labute approximate surface area is 101 Å². The van der Waals surface area contributed by atoms with Gasteiger partial charge in [0.2, 0.25) is 0 Å². The van der Waals surface area contributed by atoms with Crippen LogP contribution in [0.15, 0.2) is 35.9 Å². The number of hydrogen-bond donors (Lipinski definition) is 0. The van der Waals surface area contributed by atoms with Gasteiger partial charge in [0.1, 0.15) is 0 Å². The Balaban J connectivity index is 2.42. The van der Waals surface area contributed by atoms with E-state index in [0.29, 0.717) is 0 Å². The van der Waals surface area contributed by atoms with Gasteiger partial charge in [-0.1, -0.05) is 6.07 Å². The van der Waals surface area contributed by atoms with Crippen molar-refractivity contribution in [2.75, 3.05) is 4.90 Å². The highest BCUT2D eigenvalue weighted by atomic mass is 19.4. The fourth-order valence-electron chi connectivity index (χ4n) is 1.65. The summed E-state index contributed by atoms with van der Waals surface area (Å²) in [4.78, 5) is 23.9. The summed E-state index contributed by atoms with van der Waals surface area (Å²) in [6, 6.07) is 4.11. The van der Waals surface area contributed by atoms with Crippen LogP contribution in [0.3, 0.4) is 0 Å². The van der Waals surface area contributed by atoms with Crippen LogP contribution >= 0.6 is 0 Å². The topological polar surface area (TPSA) is 37.4 Å². The minimum Gasteiger partial charge on any atom is -0.269 e. The molecule has 0 atom stereocenters. The molecule has 0 N–H and O–H groups in total. The Kier molecular flexibility index (Phi) is 2.73. The molecule has 0 saturated carbocycles. The molecule has 0 bridgehead atoms. The maximum atomic E-state index is 12.5. The summed E-state index contributed by atoms with van der Waals surface area (Å²) in [6.07, 6.45) is -3.41. The lowest BCUT2D eigenvalue weighted by Crippen LogP contribution is -2.30. The summed E-state index contributed by atoms with van der Waals surface area (Å²) in [5, 5.41) is 0. The molecule has 1 aliphatic heterocycles. The smallest absolute Gasteiger partial charge is 0.269 e. The van der Waals surface area contributed by atoms with Gasteiger partial charge in [-0.15, -0.1) is 0 Å². The van der Waals surface area contributed by atoms with Crippen molar-refractivity contribution in [3.05, 3.63) is 41.5 Å². The second-order valence-corrected chi connectivity index (χ2v) is 3.85. The van der Waals surface area contributed by atoms with Gasteiger partial charge in [0, 0.05) is 11.6 Å². The van der Waals surface area contributed by atoms with E-state index in [1.54, 1.807) is 0 Å². The average Bonchev–Trinajstić information content (AvgIpc) is 2.52. The van der Waals surface area contributed by atoms with Crippen molar-refractivity contribution in [1.82, 2.24) is 0 Å². The van der Waals surface area contributed by atoms with E-state index in [2.05, 4.69) is 0 Å². The predicted octanol–water partition coefficient (Wildman–Crippen LogP) is 2.52. The van der Waals surface area contributed by atoms with Gasteiger partial charge in [0.15, 0.2) is 0 Å². The molecule has 1 aliphatic rings. The molecule has 0 fully saturated rings. The van der Waals surface area contributed by atoms with Crippen LogP contribution in [-0.4, -0.2) is 11.8 Å². The number of hydrogen-bond acceptors (Lipinski definition) is 2. The minimum absolute atomic E-state index is 0.0760. The highest BCUT2D eigenvalue weighted by molar-refractivity contribution is 6.30. The van der Waals surface area contributed by atoms with E-state index in [9.17, 15) is 22.8 Å². The second-order valence-electron chi connectivity index (χ2n) is 3.85. The second kappa shape index (κ2) is 3.97. The molecule has 1 aromatic carbocycles. The number of anilines is 1. The monoisotopic (exact) mass is 255 g/mol. The van der Waals surface area contributed by atoms with Crippen LogP contribution in [0.4, 0.5) is 18.9 Å². The lowest BCUT2D eigenvalue weighted by atomic mass is 10.2. The van der Waals surface area contributed by atoms with E-state index in [1.807, 2.05) is 0 Å². The number of carbonyl (C=O) groups is 2. The normalized spacial score (nSPS) is 16.2. The molecule has 94 valence electrons. The molecule has 18 heavy (non-hydrogen) atoms. The third-order valence-electron chi connectivity index (χ3n) is 2.53. The van der Waals surface area contributed by atoms with Gasteiger partial charge < -0.3 is 0 Å². The van der Waals surface area contributed by atoms with Gasteiger partial charge in [-0.3, -0.25) is 9.59 Å². The third kappa shape index (κ3) is 2.01. The van der Waals surface area contributed by atoms with Crippen molar-refractivity contribution in [3.8, 4) is 0 Å². The number of carbonyl (C=O) groups excluding carboxylic acids is 2. The Bertz CT molecular complexity index is 561. The van der Waals surface area contributed by atoms with Gasteiger partial charge >= 0.3 is 6.18 Å². The molecular formula is C12H8F3NO2. The number of amides is 2.